The minimum absolute atomic E-state index is 0.0360. The molecule has 37 heavy (non-hydrogen) atoms. The van der Waals surface area contributed by atoms with Crippen LogP contribution in [0, 0.1) is 10.1 Å². The van der Waals surface area contributed by atoms with Gasteiger partial charge in [0.15, 0.2) is 4.80 Å². The number of carbonyl (C=O) groups excluding carboxylic acids is 2. The Morgan fingerprint density at radius 3 is 2.54 bits per heavy atom. The molecule has 3 aromatic rings. The Kier molecular flexibility index (Phi) is 7.25. The lowest BCUT2D eigenvalue weighted by atomic mass is 9.95. The number of methoxy groups -OCH3 is 1. The molecule has 0 amide bonds. The molecule has 0 radical (unpaired) electrons. The van der Waals surface area contributed by atoms with Gasteiger partial charge in [0.1, 0.15) is 6.61 Å². The Morgan fingerprint density at radius 2 is 1.89 bits per heavy atom. The summed E-state index contributed by atoms with van der Waals surface area (Å²) in [5.74, 6) is -1.20. The zero-order valence-electron chi connectivity index (χ0n) is 19.9. The van der Waals surface area contributed by atoms with Crippen molar-refractivity contribution in [2.24, 2.45) is 4.99 Å². The summed E-state index contributed by atoms with van der Waals surface area (Å²) in [5, 5.41) is 11.5. The van der Waals surface area contributed by atoms with Crippen molar-refractivity contribution in [3.63, 3.8) is 0 Å². The second-order valence-electron chi connectivity index (χ2n) is 7.90. The van der Waals surface area contributed by atoms with Gasteiger partial charge in [-0.1, -0.05) is 48.3 Å². The summed E-state index contributed by atoms with van der Waals surface area (Å²) in [4.78, 5) is 54.3. The first-order valence-electron chi connectivity index (χ1n) is 11.0. The molecule has 0 fully saturated rings. The van der Waals surface area contributed by atoms with Crippen molar-refractivity contribution in [1.82, 2.24) is 4.57 Å². The second-order valence-corrected chi connectivity index (χ2v) is 8.91. The average molecular weight is 520 g/mol. The summed E-state index contributed by atoms with van der Waals surface area (Å²) in [5.41, 5.74) is 0.973. The van der Waals surface area contributed by atoms with E-state index < -0.39 is 28.5 Å². The maximum absolute atomic E-state index is 13.6. The van der Waals surface area contributed by atoms with Gasteiger partial charge < -0.3 is 9.47 Å². The lowest BCUT2D eigenvalue weighted by molar-refractivity contribution is -0.385. The van der Waals surface area contributed by atoms with Crippen LogP contribution in [0.2, 0.25) is 0 Å². The monoisotopic (exact) mass is 519 g/mol. The highest BCUT2D eigenvalue weighted by Crippen LogP contribution is 2.31. The van der Waals surface area contributed by atoms with Crippen LogP contribution in [0.3, 0.4) is 0 Å². The molecule has 2 heterocycles. The minimum Gasteiger partial charge on any atom is -0.465 e. The van der Waals surface area contributed by atoms with Crippen LogP contribution in [0.15, 0.2) is 82.2 Å². The van der Waals surface area contributed by atoms with Crippen molar-refractivity contribution in [2.75, 3.05) is 13.7 Å². The molecule has 0 bridgehead atoms. The third-order valence-electron chi connectivity index (χ3n) is 5.64. The van der Waals surface area contributed by atoms with Gasteiger partial charge in [0, 0.05) is 6.07 Å². The van der Waals surface area contributed by atoms with Crippen LogP contribution in [0.4, 0.5) is 5.69 Å². The van der Waals surface area contributed by atoms with Crippen molar-refractivity contribution in [1.29, 1.82) is 0 Å². The SMILES string of the molecule is C=CCOC(=O)C1=C(C)N=c2sc(=Cc3ccccc3[N+](=O)[O-])c(=O)n2C1c1ccc(C(=O)OC)cc1. The fourth-order valence-electron chi connectivity index (χ4n) is 3.95. The molecule has 0 saturated heterocycles. The lowest BCUT2D eigenvalue weighted by Crippen LogP contribution is -2.40. The molecule has 1 aliphatic heterocycles. The molecule has 11 heteroatoms. The molecule has 0 N–H and O–H groups in total. The molecular weight excluding hydrogens is 498 g/mol. The number of benzene rings is 2. The van der Waals surface area contributed by atoms with Gasteiger partial charge in [0.25, 0.3) is 11.2 Å². The summed E-state index contributed by atoms with van der Waals surface area (Å²) in [6, 6.07) is 11.5. The number of nitro groups is 1. The first-order chi connectivity index (χ1) is 17.8. The Labute approximate surface area is 214 Å². The van der Waals surface area contributed by atoms with Gasteiger partial charge in [-0.2, -0.15) is 0 Å². The van der Waals surface area contributed by atoms with E-state index in [1.54, 1.807) is 37.3 Å². The molecule has 1 unspecified atom stereocenters. The van der Waals surface area contributed by atoms with Crippen LogP contribution in [0.1, 0.15) is 34.5 Å². The Hall–Kier alpha value is -4.64. The van der Waals surface area contributed by atoms with Crippen LogP contribution >= 0.6 is 11.3 Å². The molecule has 1 aromatic heterocycles. The number of nitro benzene ring substituents is 1. The number of hydrogen-bond donors (Lipinski definition) is 0. The van der Waals surface area contributed by atoms with Crippen molar-refractivity contribution < 1.29 is 24.0 Å². The highest BCUT2D eigenvalue weighted by Gasteiger charge is 2.33. The van der Waals surface area contributed by atoms with Crippen LogP contribution in [-0.4, -0.2) is 35.1 Å². The fraction of sp³-hybridized carbons (Fsp3) is 0.154. The molecular formula is C26H21N3O7S. The van der Waals surface area contributed by atoms with Crippen molar-refractivity contribution in [2.45, 2.75) is 13.0 Å². The van der Waals surface area contributed by atoms with Crippen molar-refractivity contribution >= 4 is 35.0 Å². The van der Waals surface area contributed by atoms with Gasteiger partial charge in [0.2, 0.25) is 0 Å². The molecule has 188 valence electrons. The van der Waals surface area contributed by atoms with Gasteiger partial charge in [-0.3, -0.25) is 19.5 Å². The number of nitrogens with zero attached hydrogens (tertiary/aromatic N) is 3. The highest BCUT2D eigenvalue weighted by atomic mass is 32.1. The summed E-state index contributed by atoms with van der Waals surface area (Å²) in [7, 11) is 1.27. The molecule has 0 aliphatic carbocycles. The maximum Gasteiger partial charge on any atom is 0.338 e. The average Bonchev–Trinajstić information content (AvgIpc) is 3.20. The number of esters is 2. The molecule has 10 nitrogen and oxygen atoms in total. The molecule has 0 saturated carbocycles. The number of hydrogen-bond acceptors (Lipinski definition) is 9. The quantitative estimate of drug-likeness (QED) is 0.203. The largest absolute Gasteiger partial charge is 0.465 e. The zero-order valence-corrected chi connectivity index (χ0v) is 20.7. The maximum atomic E-state index is 13.6. The van der Waals surface area contributed by atoms with E-state index in [0.29, 0.717) is 21.6 Å². The van der Waals surface area contributed by atoms with Gasteiger partial charge in [0.05, 0.1) is 45.0 Å². The first-order valence-corrected chi connectivity index (χ1v) is 11.8. The van der Waals surface area contributed by atoms with Gasteiger partial charge in [-0.25, -0.2) is 14.6 Å². The molecule has 0 spiro atoms. The minimum atomic E-state index is -0.909. The Morgan fingerprint density at radius 1 is 1.19 bits per heavy atom. The van der Waals surface area contributed by atoms with Crippen molar-refractivity contribution in [3.8, 4) is 0 Å². The van der Waals surface area contributed by atoms with Gasteiger partial charge in [-0.05, 0) is 36.8 Å². The number of allylic oxidation sites excluding steroid dienone is 1. The Balaban J connectivity index is 1.94. The van der Waals surface area contributed by atoms with Crippen molar-refractivity contribution in [3.05, 3.63) is 119 Å². The lowest BCUT2D eigenvalue weighted by Gasteiger charge is -2.24. The van der Waals surface area contributed by atoms with Crippen LogP contribution < -0.4 is 14.9 Å². The Bertz CT molecular complexity index is 1630. The predicted molar refractivity (Wildman–Crippen MR) is 136 cm³/mol. The van der Waals surface area contributed by atoms with E-state index in [1.165, 1.54) is 42.0 Å². The molecule has 2 aromatic carbocycles. The zero-order chi connectivity index (χ0) is 26.7. The highest BCUT2D eigenvalue weighted by molar-refractivity contribution is 7.07. The van der Waals surface area contributed by atoms with E-state index in [9.17, 15) is 24.5 Å². The third-order valence-corrected chi connectivity index (χ3v) is 6.62. The second kappa shape index (κ2) is 10.5. The predicted octanol–water partition coefficient (Wildman–Crippen LogP) is 2.66. The van der Waals surface area contributed by atoms with E-state index in [0.717, 1.165) is 11.3 Å². The standard InChI is InChI=1S/C26H21N3O7S/c1-4-13-36-25(32)21-15(2)27-26-28(22(21)16-9-11-17(12-10-16)24(31)35-3)23(30)20(37-26)14-18-7-5-6-8-19(18)29(33)34/h4-12,14,22H,1,13H2,2-3H3. The van der Waals surface area contributed by atoms with E-state index in [2.05, 4.69) is 11.6 Å². The number of aromatic nitrogens is 1. The fourth-order valence-corrected chi connectivity index (χ4v) is 4.98. The smallest absolute Gasteiger partial charge is 0.338 e. The summed E-state index contributed by atoms with van der Waals surface area (Å²) >= 11 is 1.05. The summed E-state index contributed by atoms with van der Waals surface area (Å²) in [6.07, 6.45) is 2.87. The number of fused-ring (bicyclic) bond motifs is 1. The molecule has 1 atom stereocenters. The van der Waals surface area contributed by atoms with E-state index in [-0.39, 0.29) is 28.0 Å². The van der Waals surface area contributed by atoms with Crippen LogP contribution in [0.5, 0.6) is 0 Å². The molecule has 4 rings (SSSR count). The van der Waals surface area contributed by atoms with E-state index in [1.807, 2.05) is 0 Å². The summed E-state index contributed by atoms with van der Waals surface area (Å²) in [6.45, 7) is 5.16. The number of thiazole rings is 1. The summed E-state index contributed by atoms with van der Waals surface area (Å²) < 4.78 is 11.6. The van der Waals surface area contributed by atoms with E-state index in [4.69, 9.17) is 9.47 Å². The first kappa shape index (κ1) is 25.5. The topological polar surface area (TPSA) is 130 Å². The number of rotatable bonds is 7. The normalized spacial score (nSPS) is 15.0. The van der Waals surface area contributed by atoms with E-state index >= 15 is 0 Å². The third kappa shape index (κ3) is 4.89. The molecule has 1 aliphatic rings. The number of ether oxygens (including phenoxy) is 2. The van der Waals surface area contributed by atoms with Crippen LogP contribution in [-0.2, 0) is 14.3 Å². The van der Waals surface area contributed by atoms with Gasteiger partial charge >= 0.3 is 11.9 Å². The van der Waals surface area contributed by atoms with Crippen LogP contribution in [0.25, 0.3) is 6.08 Å². The number of para-hydroxylation sites is 1. The van der Waals surface area contributed by atoms with Gasteiger partial charge in [-0.15, -0.1) is 0 Å². The number of carbonyl (C=O) groups is 2.